The summed E-state index contributed by atoms with van der Waals surface area (Å²) in [6.45, 7) is 5.26. The van der Waals surface area contributed by atoms with Gasteiger partial charge in [0.2, 0.25) is 5.91 Å². The molecular formula is C22H26N4O2S. The lowest BCUT2D eigenvalue weighted by Crippen LogP contribution is -2.17. The van der Waals surface area contributed by atoms with E-state index in [0.717, 1.165) is 34.6 Å². The molecule has 0 fully saturated rings. The van der Waals surface area contributed by atoms with Crippen LogP contribution in [0.3, 0.4) is 0 Å². The molecule has 1 N–H and O–H groups in total. The number of para-hydroxylation sites is 1. The Labute approximate surface area is 175 Å². The third-order valence-corrected chi connectivity index (χ3v) is 5.57. The van der Waals surface area contributed by atoms with Crippen molar-refractivity contribution in [1.82, 2.24) is 14.8 Å². The van der Waals surface area contributed by atoms with Gasteiger partial charge in [-0.25, -0.2) is 0 Å². The van der Waals surface area contributed by atoms with Gasteiger partial charge in [-0.3, -0.25) is 9.36 Å². The van der Waals surface area contributed by atoms with E-state index in [4.69, 9.17) is 4.74 Å². The van der Waals surface area contributed by atoms with Gasteiger partial charge in [0.15, 0.2) is 11.0 Å². The highest BCUT2D eigenvalue weighted by Gasteiger charge is 2.16. The summed E-state index contributed by atoms with van der Waals surface area (Å²) in [5, 5.41) is 12.4. The second-order valence-electron chi connectivity index (χ2n) is 6.62. The maximum absolute atomic E-state index is 12.6. The molecule has 1 amide bonds. The molecule has 0 atom stereocenters. The van der Waals surface area contributed by atoms with E-state index in [9.17, 15) is 4.79 Å². The SMILES string of the molecule is CCc1cccc(C)c1NC(=O)CSc1nnc(-c2ccccc2)n1CCOC. The van der Waals surface area contributed by atoms with Gasteiger partial charge in [0.05, 0.1) is 18.9 Å². The molecule has 1 aromatic heterocycles. The summed E-state index contributed by atoms with van der Waals surface area (Å²) in [5.41, 5.74) is 4.10. The van der Waals surface area contributed by atoms with Gasteiger partial charge in [-0.2, -0.15) is 0 Å². The number of ether oxygens (including phenoxy) is 1. The van der Waals surface area contributed by atoms with Gasteiger partial charge in [-0.1, -0.05) is 67.2 Å². The smallest absolute Gasteiger partial charge is 0.234 e. The fourth-order valence-corrected chi connectivity index (χ4v) is 3.85. The molecule has 7 heteroatoms. The average Bonchev–Trinajstić information content (AvgIpc) is 3.15. The number of methoxy groups -OCH3 is 1. The second kappa shape index (κ2) is 10.2. The Morgan fingerprint density at radius 3 is 2.66 bits per heavy atom. The maximum Gasteiger partial charge on any atom is 0.234 e. The summed E-state index contributed by atoms with van der Waals surface area (Å²) < 4.78 is 7.24. The van der Waals surface area contributed by atoms with Crippen molar-refractivity contribution < 1.29 is 9.53 Å². The van der Waals surface area contributed by atoms with Crippen molar-refractivity contribution in [2.75, 3.05) is 24.8 Å². The van der Waals surface area contributed by atoms with Crippen LogP contribution in [0, 0.1) is 6.92 Å². The third-order valence-electron chi connectivity index (χ3n) is 4.60. The van der Waals surface area contributed by atoms with Gasteiger partial charge in [-0.15, -0.1) is 10.2 Å². The first-order valence-electron chi connectivity index (χ1n) is 9.62. The first-order valence-corrected chi connectivity index (χ1v) is 10.6. The largest absolute Gasteiger partial charge is 0.383 e. The van der Waals surface area contributed by atoms with Crippen LogP contribution >= 0.6 is 11.8 Å². The monoisotopic (exact) mass is 410 g/mol. The summed E-state index contributed by atoms with van der Waals surface area (Å²) in [6, 6.07) is 16.0. The number of rotatable bonds is 9. The van der Waals surface area contributed by atoms with Crippen LogP contribution in [0.1, 0.15) is 18.1 Å². The first-order chi connectivity index (χ1) is 14.1. The Kier molecular flexibility index (Phi) is 7.43. The number of hydrogen-bond acceptors (Lipinski definition) is 5. The number of hydrogen-bond donors (Lipinski definition) is 1. The molecule has 3 aromatic rings. The van der Waals surface area contributed by atoms with E-state index in [1.54, 1.807) is 7.11 Å². The fourth-order valence-electron chi connectivity index (χ4n) is 3.09. The van der Waals surface area contributed by atoms with Crippen molar-refractivity contribution in [2.24, 2.45) is 0 Å². The fraction of sp³-hybridized carbons (Fsp3) is 0.318. The van der Waals surface area contributed by atoms with E-state index in [1.165, 1.54) is 11.8 Å². The van der Waals surface area contributed by atoms with Crippen molar-refractivity contribution in [3.05, 3.63) is 59.7 Å². The van der Waals surface area contributed by atoms with Crippen LogP contribution in [-0.2, 0) is 22.5 Å². The lowest BCUT2D eigenvalue weighted by Gasteiger charge is -2.13. The van der Waals surface area contributed by atoms with E-state index in [1.807, 2.05) is 60.0 Å². The van der Waals surface area contributed by atoms with Gasteiger partial charge >= 0.3 is 0 Å². The predicted octanol–water partition coefficient (Wildman–Crippen LogP) is 4.19. The van der Waals surface area contributed by atoms with Gasteiger partial charge in [0.1, 0.15) is 0 Å². The third kappa shape index (κ3) is 5.25. The number of aryl methyl sites for hydroxylation is 2. The highest BCUT2D eigenvalue weighted by Crippen LogP contribution is 2.25. The highest BCUT2D eigenvalue weighted by molar-refractivity contribution is 7.99. The Morgan fingerprint density at radius 1 is 1.14 bits per heavy atom. The molecule has 29 heavy (non-hydrogen) atoms. The summed E-state index contributed by atoms with van der Waals surface area (Å²) in [6.07, 6.45) is 0.871. The topological polar surface area (TPSA) is 69.0 Å². The van der Waals surface area contributed by atoms with Gasteiger partial charge in [0.25, 0.3) is 0 Å². The summed E-state index contributed by atoms with van der Waals surface area (Å²) in [7, 11) is 1.67. The average molecular weight is 411 g/mol. The Balaban J connectivity index is 1.73. The molecule has 0 aliphatic rings. The molecule has 2 aromatic carbocycles. The molecule has 0 bridgehead atoms. The Bertz CT molecular complexity index is 957. The second-order valence-corrected chi connectivity index (χ2v) is 7.56. The lowest BCUT2D eigenvalue weighted by molar-refractivity contribution is -0.113. The number of carbonyl (C=O) groups is 1. The number of benzene rings is 2. The standard InChI is InChI=1S/C22H26N4O2S/c1-4-17-12-8-9-16(2)20(17)23-19(27)15-29-22-25-24-21(26(22)13-14-28-3)18-10-6-5-7-11-18/h5-12H,4,13-15H2,1-3H3,(H,23,27). The van der Waals surface area contributed by atoms with Crippen molar-refractivity contribution in [2.45, 2.75) is 32.0 Å². The number of carbonyl (C=O) groups excluding carboxylic acids is 1. The predicted molar refractivity (Wildman–Crippen MR) is 117 cm³/mol. The van der Waals surface area contributed by atoms with Crippen LogP contribution in [0.5, 0.6) is 0 Å². The first kappa shape index (κ1) is 21.1. The minimum absolute atomic E-state index is 0.0541. The van der Waals surface area contributed by atoms with Crippen LogP contribution in [0.2, 0.25) is 0 Å². The number of nitrogens with zero attached hydrogens (tertiary/aromatic N) is 3. The zero-order valence-electron chi connectivity index (χ0n) is 17.0. The number of nitrogens with one attached hydrogen (secondary N) is 1. The maximum atomic E-state index is 12.6. The summed E-state index contributed by atoms with van der Waals surface area (Å²) >= 11 is 1.38. The number of anilines is 1. The normalized spacial score (nSPS) is 10.9. The van der Waals surface area contributed by atoms with Gasteiger partial charge in [0, 0.05) is 18.4 Å². The lowest BCUT2D eigenvalue weighted by atomic mass is 10.1. The van der Waals surface area contributed by atoms with E-state index < -0.39 is 0 Å². The molecule has 1 heterocycles. The zero-order chi connectivity index (χ0) is 20.6. The Hall–Kier alpha value is -2.64. The van der Waals surface area contributed by atoms with Crippen LogP contribution in [0.4, 0.5) is 5.69 Å². The number of thioether (sulfide) groups is 1. The molecule has 0 saturated carbocycles. The van der Waals surface area contributed by atoms with E-state index >= 15 is 0 Å². The molecule has 0 aliphatic carbocycles. The molecule has 0 saturated heterocycles. The van der Waals surface area contributed by atoms with Gasteiger partial charge in [-0.05, 0) is 24.5 Å². The summed E-state index contributed by atoms with van der Waals surface area (Å²) in [4.78, 5) is 12.6. The van der Waals surface area contributed by atoms with Crippen LogP contribution < -0.4 is 5.32 Å². The van der Waals surface area contributed by atoms with Crippen molar-refractivity contribution in [1.29, 1.82) is 0 Å². The van der Waals surface area contributed by atoms with Crippen LogP contribution in [0.15, 0.2) is 53.7 Å². The molecule has 0 spiro atoms. The minimum Gasteiger partial charge on any atom is -0.383 e. The van der Waals surface area contributed by atoms with Crippen molar-refractivity contribution in [3.63, 3.8) is 0 Å². The molecular weight excluding hydrogens is 384 g/mol. The summed E-state index contributed by atoms with van der Waals surface area (Å²) in [5.74, 6) is 0.983. The quantitative estimate of drug-likeness (QED) is 0.536. The Morgan fingerprint density at radius 2 is 1.93 bits per heavy atom. The number of aromatic nitrogens is 3. The van der Waals surface area contributed by atoms with Gasteiger partial charge < -0.3 is 10.1 Å². The zero-order valence-corrected chi connectivity index (χ0v) is 17.8. The van der Waals surface area contributed by atoms with Crippen LogP contribution in [-0.4, -0.2) is 40.1 Å². The van der Waals surface area contributed by atoms with Crippen LogP contribution in [0.25, 0.3) is 11.4 Å². The molecule has 0 aliphatic heterocycles. The van der Waals surface area contributed by atoms with Crippen molar-refractivity contribution in [3.8, 4) is 11.4 Å². The molecule has 3 rings (SSSR count). The molecule has 152 valence electrons. The highest BCUT2D eigenvalue weighted by atomic mass is 32.2. The van der Waals surface area contributed by atoms with Crippen molar-refractivity contribution >= 4 is 23.4 Å². The molecule has 0 radical (unpaired) electrons. The number of amides is 1. The van der Waals surface area contributed by atoms with E-state index in [-0.39, 0.29) is 11.7 Å². The molecule has 0 unspecified atom stereocenters. The van der Waals surface area contributed by atoms with E-state index in [2.05, 4.69) is 22.4 Å². The minimum atomic E-state index is -0.0541. The van der Waals surface area contributed by atoms with E-state index in [0.29, 0.717) is 18.3 Å². The molecule has 6 nitrogen and oxygen atoms in total.